The number of aromatic nitrogens is 1. The lowest BCUT2D eigenvalue weighted by Crippen LogP contribution is -2.50. The fourth-order valence-corrected chi connectivity index (χ4v) is 3.78. The molecular formula is C21H27N3O3. The van der Waals surface area contributed by atoms with Gasteiger partial charge in [-0.15, -0.1) is 0 Å². The van der Waals surface area contributed by atoms with Crippen LogP contribution >= 0.6 is 0 Å². The smallest absolute Gasteiger partial charge is 0.257 e. The van der Waals surface area contributed by atoms with E-state index in [-0.39, 0.29) is 11.8 Å². The molecule has 27 heavy (non-hydrogen) atoms. The summed E-state index contributed by atoms with van der Waals surface area (Å²) in [5, 5.41) is 0. The van der Waals surface area contributed by atoms with E-state index in [9.17, 15) is 9.59 Å². The van der Waals surface area contributed by atoms with Gasteiger partial charge >= 0.3 is 0 Å². The van der Waals surface area contributed by atoms with Crippen LogP contribution in [0.25, 0.3) is 0 Å². The minimum atomic E-state index is -0.0422. The van der Waals surface area contributed by atoms with Crippen LogP contribution in [-0.4, -0.2) is 59.9 Å². The Bertz CT molecular complexity index is 877. The van der Waals surface area contributed by atoms with Crippen LogP contribution in [0.1, 0.15) is 43.2 Å². The number of aromatic amines is 1. The Hall–Kier alpha value is -2.76. The maximum atomic E-state index is 13.0. The van der Waals surface area contributed by atoms with Gasteiger partial charge in [0, 0.05) is 37.6 Å². The molecule has 2 heterocycles. The van der Waals surface area contributed by atoms with Crippen molar-refractivity contribution in [1.82, 2.24) is 14.8 Å². The van der Waals surface area contributed by atoms with Crippen molar-refractivity contribution >= 4 is 11.8 Å². The van der Waals surface area contributed by atoms with Gasteiger partial charge in [0.05, 0.1) is 18.2 Å². The molecule has 0 bridgehead atoms. The molecule has 0 radical (unpaired) electrons. The zero-order valence-corrected chi connectivity index (χ0v) is 16.7. The van der Waals surface area contributed by atoms with E-state index in [4.69, 9.17) is 4.74 Å². The van der Waals surface area contributed by atoms with Crippen LogP contribution in [0.5, 0.6) is 5.75 Å². The van der Waals surface area contributed by atoms with Crippen molar-refractivity contribution in [2.75, 3.05) is 33.3 Å². The number of hydrogen-bond acceptors (Lipinski definition) is 3. The van der Waals surface area contributed by atoms with E-state index in [1.165, 1.54) is 0 Å². The summed E-state index contributed by atoms with van der Waals surface area (Å²) >= 11 is 0. The van der Waals surface area contributed by atoms with E-state index in [1.54, 1.807) is 12.0 Å². The first-order chi connectivity index (χ1) is 12.8. The monoisotopic (exact) mass is 369 g/mol. The highest BCUT2D eigenvalue weighted by Crippen LogP contribution is 2.27. The maximum Gasteiger partial charge on any atom is 0.257 e. The molecule has 0 saturated carbocycles. The molecule has 0 spiro atoms. The lowest BCUT2D eigenvalue weighted by molar-refractivity contribution is 0.0533. The molecule has 2 aromatic rings. The first-order valence-corrected chi connectivity index (χ1v) is 9.21. The molecule has 1 aromatic carbocycles. The van der Waals surface area contributed by atoms with Crippen molar-refractivity contribution in [3.63, 3.8) is 0 Å². The number of benzene rings is 1. The second-order valence-corrected chi connectivity index (χ2v) is 7.24. The van der Waals surface area contributed by atoms with Crippen molar-refractivity contribution in [3.05, 3.63) is 51.8 Å². The number of methoxy groups -OCH3 is 1. The van der Waals surface area contributed by atoms with Gasteiger partial charge in [0.2, 0.25) is 0 Å². The molecule has 0 aliphatic carbocycles. The quantitative estimate of drug-likeness (QED) is 0.905. The fourth-order valence-electron chi connectivity index (χ4n) is 3.78. The second kappa shape index (κ2) is 7.47. The Morgan fingerprint density at radius 3 is 1.93 bits per heavy atom. The van der Waals surface area contributed by atoms with Gasteiger partial charge in [-0.25, -0.2) is 0 Å². The van der Waals surface area contributed by atoms with Gasteiger partial charge in [-0.1, -0.05) is 6.07 Å². The highest BCUT2D eigenvalue weighted by Gasteiger charge is 2.28. The maximum absolute atomic E-state index is 13.0. The summed E-state index contributed by atoms with van der Waals surface area (Å²) in [5.74, 6) is 0.606. The van der Waals surface area contributed by atoms with Gasteiger partial charge in [0.25, 0.3) is 11.8 Å². The first-order valence-electron chi connectivity index (χ1n) is 9.21. The van der Waals surface area contributed by atoms with Gasteiger partial charge in [-0.05, 0) is 51.0 Å². The molecule has 0 unspecified atom stereocenters. The van der Waals surface area contributed by atoms with E-state index < -0.39 is 0 Å². The minimum absolute atomic E-state index is 0.0212. The zero-order chi connectivity index (χ0) is 19.7. The molecule has 1 saturated heterocycles. The Labute approximate surface area is 160 Å². The number of amides is 2. The number of nitrogens with zero attached hydrogens (tertiary/aromatic N) is 2. The summed E-state index contributed by atoms with van der Waals surface area (Å²) in [6.07, 6.45) is 0. The van der Waals surface area contributed by atoms with Gasteiger partial charge < -0.3 is 19.5 Å². The molecule has 1 aliphatic heterocycles. The third-order valence-electron chi connectivity index (χ3n) is 5.09. The van der Waals surface area contributed by atoms with Crippen LogP contribution in [0.15, 0.2) is 18.2 Å². The Morgan fingerprint density at radius 2 is 1.44 bits per heavy atom. The predicted octanol–water partition coefficient (Wildman–Crippen LogP) is 2.86. The summed E-state index contributed by atoms with van der Waals surface area (Å²) in [4.78, 5) is 32.6. The van der Waals surface area contributed by atoms with Crippen molar-refractivity contribution in [1.29, 1.82) is 0 Å². The van der Waals surface area contributed by atoms with E-state index in [1.807, 2.05) is 50.8 Å². The number of rotatable bonds is 3. The molecule has 144 valence electrons. The number of carbonyl (C=O) groups excluding carboxylic acids is 2. The van der Waals surface area contributed by atoms with Crippen LogP contribution < -0.4 is 4.74 Å². The number of H-pyrrole nitrogens is 1. The molecule has 2 amide bonds. The standard InChI is InChI=1S/C21H27N3O3/c1-13-10-14(2)19(27-5)18(11-13)21(26)24-8-6-23(7-9-24)20(25)17-12-15(3)22-16(17)4/h10-12,22H,6-9H2,1-5H3. The van der Waals surface area contributed by atoms with Crippen LogP contribution in [0, 0.1) is 27.7 Å². The third kappa shape index (κ3) is 3.70. The lowest BCUT2D eigenvalue weighted by Gasteiger charge is -2.35. The zero-order valence-electron chi connectivity index (χ0n) is 16.7. The Kier molecular flexibility index (Phi) is 5.26. The predicted molar refractivity (Wildman–Crippen MR) is 105 cm³/mol. The summed E-state index contributed by atoms with van der Waals surface area (Å²) in [7, 11) is 1.59. The normalized spacial score (nSPS) is 14.4. The summed E-state index contributed by atoms with van der Waals surface area (Å²) < 4.78 is 5.46. The average molecular weight is 369 g/mol. The summed E-state index contributed by atoms with van der Waals surface area (Å²) in [6.45, 7) is 9.86. The fraction of sp³-hybridized carbons (Fsp3) is 0.429. The highest BCUT2D eigenvalue weighted by molar-refractivity contribution is 5.98. The molecule has 6 heteroatoms. The van der Waals surface area contributed by atoms with Crippen molar-refractivity contribution in [3.8, 4) is 5.75 Å². The van der Waals surface area contributed by atoms with Crippen LogP contribution in [0.2, 0.25) is 0 Å². The van der Waals surface area contributed by atoms with Crippen molar-refractivity contribution in [2.24, 2.45) is 0 Å². The molecule has 6 nitrogen and oxygen atoms in total. The minimum Gasteiger partial charge on any atom is -0.496 e. The number of hydrogen-bond donors (Lipinski definition) is 1. The van der Waals surface area contributed by atoms with E-state index in [0.29, 0.717) is 43.1 Å². The molecule has 1 aromatic heterocycles. The Morgan fingerprint density at radius 1 is 0.889 bits per heavy atom. The summed E-state index contributed by atoms with van der Waals surface area (Å²) in [6, 6.07) is 5.76. The molecule has 3 rings (SSSR count). The SMILES string of the molecule is COc1c(C)cc(C)cc1C(=O)N1CCN(C(=O)c2cc(C)[nH]c2C)CC1. The molecule has 1 N–H and O–H groups in total. The second-order valence-electron chi connectivity index (χ2n) is 7.24. The topological polar surface area (TPSA) is 65.6 Å². The van der Waals surface area contributed by atoms with Crippen molar-refractivity contribution < 1.29 is 14.3 Å². The van der Waals surface area contributed by atoms with Gasteiger partial charge in [0.15, 0.2) is 0 Å². The molecule has 1 fully saturated rings. The molecule has 0 atom stereocenters. The number of ether oxygens (including phenoxy) is 1. The highest BCUT2D eigenvalue weighted by atomic mass is 16.5. The van der Waals surface area contributed by atoms with E-state index in [2.05, 4.69) is 4.98 Å². The third-order valence-corrected chi connectivity index (χ3v) is 5.09. The number of aryl methyl sites for hydroxylation is 4. The molecular weight excluding hydrogens is 342 g/mol. The number of piperazine rings is 1. The van der Waals surface area contributed by atoms with Gasteiger partial charge in [-0.3, -0.25) is 9.59 Å². The van der Waals surface area contributed by atoms with Crippen LogP contribution in [0.3, 0.4) is 0 Å². The first kappa shape index (κ1) is 19.0. The largest absolute Gasteiger partial charge is 0.496 e. The van der Waals surface area contributed by atoms with Gasteiger partial charge in [0.1, 0.15) is 5.75 Å². The Balaban J connectivity index is 1.72. The molecule has 1 aliphatic rings. The number of carbonyl (C=O) groups is 2. The van der Waals surface area contributed by atoms with Crippen LogP contribution in [0.4, 0.5) is 0 Å². The average Bonchev–Trinajstić information content (AvgIpc) is 2.98. The van der Waals surface area contributed by atoms with Crippen molar-refractivity contribution in [2.45, 2.75) is 27.7 Å². The van der Waals surface area contributed by atoms with E-state index >= 15 is 0 Å². The van der Waals surface area contributed by atoms with E-state index in [0.717, 1.165) is 22.5 Å². The van der Waals surface area contributed by atoms with Gasteiger partial charge in [-0.2, -0.15) is 0 Å². The summed E-state index contributed by atoms with van der Waals surface area (Å²) in [5.41, 5.74) is 5.15. The number of nitrogens with one attached hydrogen (secondary N) is 1. The lowest BCUT2D eigenvalue weighted by atomic mass is 10.0. The van der Waals surface area contributed by atoms with Crippen LogP contribution in [-0.2, 0) is 0 Å².